The maximum Gasteiger partial charge on any atom is 0.243 e. The molecule has 106 valence electrons. The van der Waals surface area contributed by atoms with Crippen molar-refractivity contribution >= 4 is 10.0 Å². The monoisotopic (exact) mass is 287 g/mol. The van der Waals surface area contributed by atoms with E-state index >= 15 is 0 Å². The van der Waals surface area contributed by atoms with Gasteiger partial charge in [0.15, 0.2) is 0 Å². The van der Waals surface area contributed by atoms with Crippen LogP contribution in [0.2, 0.25) is 0 Å². The molecule has 4 nitrogen and oxygen atoms in total. The molecule has 1 saturated carbocycles. The summed E-state index contributed by atoms with van der Waals surface area (Å²) in [6.45, 7) is 1.85. The number of aliphatic hydroxyl groups excluding tert-OH is 1. The molecule has 2 atom stereocenters. The van der Waals surface area contributed by atoms with Crippen LogP contribution in [0, 0.1) is 18.7 Å². The van der Waals surface area contributed by atoms with E-state index < -0.39 is 21.9 Å². The molecule has 1 aliphatic rings. The smallest absolute Gasteiger partial charge is 0.243 e. The second-order valence-electron chi connectivity index (χ2n) is 5.04. The number of benzene rings is 1. The zero-order chi connectivity index (χ0) is 14.0. The first kappa shape index (κ1) is 14.4. The van der Waals surface area contributed by atoms with Crippen LogP contribution in [0.3, 0.4) is 0 Å². The summed E-state index contributed by atoms with van der Waals surface area (Å²) >= 11 is 0. The van der Waals surface area contributed by atoms with Gasteiger partial charge in [0.05, 0.1) is 6.10 Å². The summed E-state index contributed by atoms with van der Waals surface area (Å²) in [6, 6.07) is 4.01. The number of aryl methyl sites for hydroxylation is 1. The van der Waals surface area contributed by atoms with Crippen LogP contribution in [0.5, 0.6) is 0 Å². The second-order valence-corrected chi connectivity index (χ2v) is 6.78. The van der Waals surface area contributed by atoms with Gasteiger partial charge in [0, 0.05) is 6.54 Å². The molecule has 6 heteroatoms. The maximum atomic E-state index is 13.7. The average molecular weight is 287 g/mol. The van der Waals surface area contributed by atoms with Crippen LogP contribution >= 0.6 is 0 Å². The zero-order valence-electron chi connectivity index (χ0n) is 10.8. The highest BCUT2D eigenvalue weighted by molar-refractivity contribution is 7.89. The second kappa shape index (κ2) is 5.56. The van der Waals surface area contributed by atoms with Crippen molar-refractivity contribution in [3.05, 3.63) is 29.6 Å². The topological polar surface area (TPSA) is 66.4 Å². The first-order chi connectivity index (χ1) is 8.90. The lowest BCUT2D eigenvalue weighted by Crippen LogP contribution is -2.32. The third-order valence-corrected chi connectivity index (χ3v) is 4.99. The molecule has 0 heterocycles. The highest BCUT2D eigenvalue weighted by atomic mass is 32.2. The molecule has 0 saturated heterocycles. The maximum absolute atomic E-state index is 13.7. The Kier molecular flexibility index (Phi) is 4.23. The summed E-state index contributed by atoms with van der Waals surface area (Å²) in [5.74, 6) is -0.831. The standard InChI is InChI=1S/C13H18FNO3S/c1-9-5-6-13(11(14)7-9)19(17,18)15-8-10-3-2-4-12(10)16/h5-7,10,12,15-16H,2-4,8H2,1H3/t10-,12+/m0/s1. The molecule has 1 aromatic rings. The van der Waals surface area contributed by atoms with Crippen LogP contribution in [-0.4, -0.2) is 26.2 Å². The molecular weight excluding hydrogens is 269 g/mol. The SMILES string of the molecule is Cc1ccc(S(=O)(=O)NC[C@@H]2CCC[C@H]2O)c(F)c1. The lowest BCUT2D eigenvalue weighted by Gasteiger charge is -2.15. The van der Waals surface area contributed by atoms with E-state index in [-0.39, 0.29) is 17.4 Å². The van der Waals surface area contributed by atoms with Crippen LogP contribution in [-0.2, 0) is 10.0 Å². The molecule has 0 aliphatic heterocycles. The van der Waals surface area contributed by atoms with Gasteiger partial charge in [-0.2, -0.15) is 0 Å². The fourth-order valence-electron chi connectivity index (χ4n) is 2.37. The summed E-state index contributed by atoms with van der Waals surface area (Å²) in [5, 5.41) is 9.64. The van der Waals surface area contributed by atoms with Gasteiger partial charge in [0.25, 0.3) is 0 Å². The molecule has 1 aliphatic carbocycles. The fourth-order valence-corrected chi connectivity index (χ4v) is 3.53. The molecular formula is C13H18FNO3S. The van der Waals surface area contributed by atoms with E-state index in [0.29, 0.717) is 12.0 Å². The van der Waals surface area contributed by atoms with Gasteiger partial charge in [-0.15, -0.1) is 0 Å². The molecule has 2 rings (SSSR count). The minimum absolute atomic E-state index is 0.0803. The minimum atomic E-state index is -3.85. The highest BCUT2D eigenvalue weighted by Gasteiger charge is 2.27. The Morgan fingerprint density at radius 3 is 2.74 bits per heavy atom. The fraction of sp³-hybridized carbons (Fsp3) is 0.538. The van der Waals surface area contributed by atoms with Gasteiger partial charge >= 0.3 is 0 Å². The number of hydrogen-bond acceptors (Lipinski definition) is 3. The molecule has 0 spiro atoms. The number of sulfonamides is 1. The third kappa shape index (κ3) is 3.32. The van der Waals surface area contributed by atoms with Crippen molar-refractivity contribution in [3.63, 3.8) is 0 Å². The van der Waals surface area contributed by atoms with Crippen molar-refractivity contribution < 1.29 is 17.9 Å². The predicted molar refractivity (Wildman–Crippen MR) is 69.7 cm³/mol. The van der Waals surface area contributed by atoms with Crippen LogP contribution < -0.4 is 4.72 Å². The first-order valence-corrected chi connectivity index (χ1v) is 7.82. The Morgan fingerprint density at radius 1 is 1.42 bits per heavy atom. The van der Waals surface area contributed by atoms with E-state index in [1.54, 1.807) is 13.0 Å². The molecule has 1 aromatic carbocycles. The average Bonchev–Trinajstić information content (AvgIpc) is 2.72. The van der Waals surface area contributed by atoms with E-state index in [9.17, 15) is 17.9 Å². The van der Waals surface area contributed by atoms with Crippen LogP contribution in [0.4, 0.5) is 4.39 Å². The van der Waals surface area contributed by atoms with E-state index in [0.717, 1.165) is 12.8 Å². The molecule has 1 fully saturated rings. The van der Waals surface area contributed by atoms with Gasteiger partial charge < -0.3 is 5.11 Å². The van der Waals surface area contributed by atoms with E-state index in [1.165, 1.54) is 12.1 Å². The summed E-state index contributed by atoms with van der Waals surface area (Å²) in [7, 11) is -3.85. The third-order valence-electron chi connectivity index (χ3n) is 3.53. The number of nitrogens with one attached hydrogen (secondary N) is 1. The molecule has 0 bridgehead atoms. The van der Waals surface area contributed by atoms with Crippen molar-refractivity contribution in [2.45, 2.75) is 37.2 Å². The molecule has 0 unspecified atom stereocenters. The largest absolute Gasteiger partial charge is 0.393 e. The summed E-state index contributed by atoms with van der Waals surface area (Å²) < 4.78 is 40.0. The van der Waals surface area contributed by atoms with Crippen molar-refractivity contribution in [1.29, 1.82) is 0 Å². The zero-order valence-corrected chi connectivity index (χ0v) is 11.6. The van der Waals surface area contributed by atoms with Gasteiger partial charge in [-0.1, -0.05) is 12.5 Å². The van der Waals surface area contributed by atoms with Crippen molar-refractivity contribution in [1.82, 2.24) is 4.72 Å². The predicted octanol–water partition coefficient (Wildman–Crippen LogP) is 1.57. The lowest BCUT2D eigenvalue weighted by molar-refractivity contribution is 0.134. The van der Waals surface area contributed by atoms with Gasteiger partial charge in [0.1, 0.15) is 10.7 Å². The molecule has 2 N–H and O–H groups in total. The molecule has 19 heavy (non-hydrogen) atoms. The van der Waals surface area contributed by atoms with Gasteiger partial charge in [-0.05, 0) is 43.4 Å². The van der Waals surface area contributed by atoms with Crippen molar-refractivity contribution in [2.75, 3.05) is 6.54 Å². The van der Waals surface area contributed by atoms with Crippen LogP contribution in [0.15, 0.2) is 23.1 Å². The Morgan fingerprint density at radius 2 is 2.16 bits per heavy atom. The Bertz CT molecular complexity index is 559. The van der Waals surface area contributed by atoms with Crippen molar-refractivity contribution in [3.8, 4) is 0 Å². The molecule has 0 radical (unpaired) electrons. The number of rotatable bonds is 4. The first-order valence-electron chi connectivity index (χ1n) is 6.34. The van der Waals surface area contributed by atoms with Gasteiger partial charge in [0.2, 0.25) is 10.0 Å². The summed E-state index contributed by atoms with van der Waals surface area (Å²) in [6.07, 6.45) is 1.92. The molecule has 0 aromatic heterocycles. The number of aliphatic hydroxyl groups is 1. The highest BCUT2D eigenvalue weighted by Crippen LogP contribution is 2.25. The van der Waals surface area contributed by atoms with Crippen molar-refractivity contribution in [2.24, 2.45) is 5.92 Å². The van der Waals surface area contributed by atoms with E-state index in [4.69, 9.17) is 0 Å². The minimum Gasteiger partial charge on any atom is -0.393 e. The van der Waals surface area contributed by atoms with E-state index in [2.05, 4.69) is 4.72 Å². The lowest BCUT2D eigenvalue weighted by atomic mass is 10.1. The summed E-state index contributed by atoms with van der Waals surface area (Å²) in [5.41, 5.74) is 0.669. The molecule has 0 amide bonds. The van der Waals surface area contributed by atoms with Gasteiger partial charge in [-0.3, -0.25) is 0 Å². The Labute approximate surface area is 112 Å². The number of halogens is 1. The quantitative estimate of drug-likeness (QED) is 0.883. The van der Waals surface area contributed by atoms with Crippen LogP contribution in [0.25, 0.3) is 0 Å². The van der Waals surface area contributed by atoms with Crippen LogP contribution in [0.1, 0.15) is 24.8 Å². The Hall–Kier alpha value is -0.980. The number of hydrogen-bond donors (Lipinski definition) is 2. The normalized spacial score (nSPS) is 23.7. The van der Waals surface area contributed by atoms with Gasteiger partial charge in [-0.25, -0.2) is 17.5 Å². The Balaban J connectivity index is 2.09. The summed E-state index contributed by atoms with van der Waals surface area (Å²) in [4.78, 5) is -0.342. The van der Waals surface area contributed by atoms with E-state index in [1.807, 2.05) is 0 Å².